The number of nitrogens with zero attached hydrogens (tertiary/aromatic N) is 3. The van der Waals surface area contributed by atoms with E-state index in [1.165, 1.54) is 18.3 Å². The standard InChI is InChI=1S/C39H58N4O5S/c1-24(2)18-30(20-28-12-10-9-11-13-28)40-37(46)32-23-49-38(41-32)36(48-27(6)44)22-33(25(3)4)43(8)39(47)31(29-14-15-29)21-35(45)34-19-26(5)16-17-42(34)7/h9-13,23-26,29-31,33-34,36H,14-22H2,1-8H3,(H,40,46)/t26?,30-,31+,33-,34-,36-/m1/s1. The van der Waals surface area contributed by atoms with Gasteiger partial charge in [0.25, 0.3) is 5.91 Å². The van der Waals surface area contributed by atoms with Crippen LogP contribution in [0.15, 0.2) is 35.7 Å². The smallest absolute Gasteiger partial charge is 0.303 e. The van der Waals surface area contributed by atoms with Crippen molar-refractivity contribution in [3.05, 3.63) is 52.0 Å². The van der Waals surface area contributed by atoms with Crippen LogP contribution in [0.5, 0.6) is 0 Å². The molecule has 2 amide bonds. The van der Waals surface area contributed by atoms with Crippen LogP contribution in [0, 0.1) is 29.6 Å². The maximum absolute atomic E-state index is 14.2. The lowest BCUT2D eigenvalue weighted by atomic mass is 9.85. The molecule has 2 aromatic rings. The fourth-order valence-electron chi connectivity index (χ4n) is 7.32. The Bertz CT molecular complexity index is 1410. The lowest BCUT2D eigenvalue weighted by Gasteiger charge is -2.37. The van der Waals surface area contributed by atoms with Crippen molar-refractivity contribution in [3.8, 4) is 0 Å². The van der Waals surface area contributed by atoms with Crippen molar-refractivity contribution >= 4 is 34.9 Å². The molecule has 0 spiro atoms. The number of hydrogen-bond donors (Lipinski definition) is 1. The Kier molecular flexibility index (Phi) is 14.0. The first-order valence-electron chi connectivity index (χ1n) is 18.2. The van der Waals surface area contributed by atoms with E-state index in [1.807, 2.05) is 32.3 Å². The summed E-state index contributed by atoms with van der Waals surface area (Å²) in [6, 6.07) is 9.67. The molecule has 1 N–H and O–H groups in total. The highest BCUT2D eigenvalue weighted by atomic mass is 32.1. The van der Waals surface area contributed by atoms with Gasteiger partial charge in [-0.05, 0) is 81.4 Å². The zero-order valence-electron chi connectivity index (χ0n) is 30.8. The highest BCUT2D eigenvalue weighted by Gasteiger charge is 2.43. The Labute approximate surface area is 297 Å². The summed E-state index contributed by atoms with van der Waals surface area (Å²) in [4.78, 5) is 62.1. The Balaban J connectivity index is 1.47. The molecule has 1 aliphatic carbocycles. The highest BCUT2D eigenvalue weighted by molar-refractivity contribution is 7.09. The zero-order chi connectivity index (χ0) is 35.8. The Morgan fingerprint density at radius 1 is 1.06 bits per heavy atom. The number of Topliss-reactive ketones (excluding diaryl/α,β-unsaturated/α-hetero) is 1. The molecule has 0 radical (unpaired) electrons. The van der Waals surface area contributed by atoms with Crippen molar-refractivity contribution in [2.75, 3.05) is 20.6 Å². The molecule has 6 atom stereocenters. The van der Waals surface area contributed by atoms with Crippen molar-refractivity contribution in [3.63, 3.8) is 0 Å². The quantitative estimate of drug-likeness (QED) is 0.183. The fourth-order valence-corrected chi connectivity index (χ4v) is 8.16. The third-order valence-electron chi connectivity index (χ3n) is 10.3. The van der Waals surface area contributed by atoms with Gasteiger partial charge < -0.3 is 15.0 Å². The van der Waals surface area contributed by atoms with Crippen LogP contribution in [0.4, 0.5) is 0 Å². The molecule has 1 aromatic carbocycles. The number of likely N-dealkylation sites (tertiary alicyclic amines) is 1. The van der Waals surface area contributed by atoms with Gasteiger partial charge in [0.15, 0.2) is 11.9 Å². The van der Waals surface area contributed by atoms with Crippen LogP contribution in [0.3, 0.4) is 0 Å². The van der Waals surface area contributed by atoms with E-state index in [2.05, 4.69) is 62.0 Å². The number of hydrogen-bond acceptors (Lipinski definition) is 8. The number of ketones is 1. The van der Waals surface area contributed by atoms with Gasteiger partial charge in [-0.3, -0.25) is 24.1 Å². The zero-order valence-corrected chi connectivity index (χ0v) is 31.6. The topological polar surface area (TPSA) is 109 Å². The normalized spacial score (nSPS) is 20.8. The molecule has 10 heteroatoms. The third-order valence-corrected chi connectivity index (χ3v) is 11.2. The number of ether oxygens (including phenoxy) is 1. The lowest BCUT2D eigenvalue weighted by molar-refractivity contribution is -0.149. The molecule has 1 saturated carbocycles. The number of nitrogens with one attached hydrogen (secondary N) is 1. The van der Waals surface area contributed by atoms with E-state index in [4.69, 9.17) is 4.74 Å². The van der Waals surface area contributed by atoms with Crippen LogP contribution < -0.4 is 5.32 Å². The number of piperidine rings is 1. The molecule has 1 aliphatic heterocycles. The van der Waals surface area contributed by atoms with Crippen molar-refractivity contribution in [2.45, 2.75) is 117 Å². The summed E-state index contributed by atoms with van der Waals surface area (Å²) in [7, 11) is 3.83. The number of amides is 2. The second kappa shape index (κ2) is 17.7. The van der Waals surface area contributed by atoms with E-state index in [0.717, 1.165) is 50.6 Å². The Hall–Kier alpha value is -3.11. The summed E-state index contributed by atoms with van der Waals surface area (Å²) in [5.41, 5.74) is 1.45. The van der Waals surface area contributed by atoms with Gasteiger partial charge in [-0.25, -0.2) is 4.98 Å². The van der Waals surface area contributed by atoms with Crippen LogP contribution in [-0.4, -0.2) is 77.1 Å². The molecule has 1 saturated heterocycles. The summed E-state index contributed by atoms with van der Waals surface area (Å²) in [6.45, 7) is 12.9. The van der Waals surface area contributed by atoms with Crippen LogP contribution >= 0.6 is 11.3 Å². The molecule has 0 bridgehead atoms. The molecule has 2 aliphatic rings. The second-order valence-electron chi connectivity index (χ2n) is 15.4. The van der Waals surface area contributed by atoms with Crippen molar-refractivity contribution in [2.24, 2.45) is 29.6 Å². The number of carbonyl (C=O) groups excluding carboxylic acids is 4. The lowest BCUT2D eigenvalue weighted by Crippen LogP contribution is -2.48. The average molecular weight is 695 g/mol. The summed E-state index contributed by atoms with van der Waals surface area (Å²) in [5.74, 6) is 0.269. The predicted octanol–water partition coefficient (Wildman–Crippen LogP) is 6.72. The maximum atomic E-state index is 14.2. The maximum Gasteiger partial charge on any atom is 0.303 e. The highest BCUT2D eigenvalue weighted by Crippen LogP contribution is 2.41. The number of rotatable bonds is 17. The monoisotopic (exact) mass is 694 g/mol. The molecule has 2 heterocycles. The van der Waals surface area contributed by atoms with Gasteiger partial charge in [0, 0.05) is 50.2 Å². The minimum atomic E-state index is -0.721. The summed E-state index contributed by atoms with van der Waals surface area (Å²) >= 11 is 1.29. The second-order valence-corrected chi connectivity index (χ2v) is 16.3. The molecule has 2 fully saturated rings. The summed E-state index contributed by atoms with van der Waals surface area (Å²) in [5, 5.41) is 5.43. The number of esters is 1. The van der Waals surface area contributed by atoms with Crippen molar-refractivity contribution in [1.29, 1.82) is 0 Å². The van der Waals surface area contributed by atoms with Gasteiger partial charge in [-0.1, -0.05) is 65.0 Å². The summed E-state index contributed by atoms with van der Waals surface area (Å²) in [6.07, 6.45) is 5.29. The van der Waals surface area contributed by atoms with Crippen molar-refractivity contribution < 1.29 is 23.9 Å². The molecule has 4 rings (SSSR count). The van der Waals surface area contributed by atoms with E-state index in [9.17, 15) is 19.2 Å². The number of aromatic nitrogens is 1. The number of thiazole rings is 1. The van der Waals surface area contributed by atoms with Crippen LogP contribution in [0.1, 0.15) is 114 Å². The molecule has 9 nitrogen and oxygen atoms in total. The van der Waals surface area contributed by atoms with E-state index in [1.54, 1.807) is 10.3 Å². The Morgan fingerprint density at radius 2 is 1.76 bits per heavy atom. The molecule has 270 valence electrons. The van der Waals surface area contributed by atoms with Gasteiger partial charge in [0.1, 0.15) is 10.7 Å². The SMILES string of the molecule is CC(=O)O[C@H](C[C@H](C(C)C)N(C)C(=O)[C@@H](CC(=O)[C@H]1CC(C)CCN1C)C1CC1)c1nc(C(=O)N[C@@H](Cc2ccccc2)CC(C)C)cs1. The van der Waals surface area contributed by atoms with Crippen LogP contribution in [0.2, 0.25) is 0 Å². The van der Waals surface area contributed by atoms with Crippen molar-refractivity contribution in [1.82, 2.24) is 20.1 Å². The van der Waals surface area contributed by atoms with Gasteiger partial charge in [0.2, 0.25) is 5.91 Å². The first-order chi connectivity index (χ1) is 23.2. The first kappa shape index (κ1) is 38.7. The number of carbonyl (C=O) groups is 4. The minimum Gasteiger partial charge on any atom is -0.455 e. The number of likely N-dealkylation sites (N-methyl/N-ethyl adjacent to an activating group) is 1. The fraction of sp³-hybridized carbons (Fsp3) is 0.667. The van der Waals surface area contributed by atoms with Gasteiger partial charge in [0.05, 0.1) is 6.04 Å². The summed E-state index contributed by atoms with van der Waals surface area (Å²) < 4.78 is 5.82. The van der Waals surface area contributed by atoms with Gasteiger partial charge in [-0.2, -0.15) is 0 Å². The largest absolute Gasteiger partial charge is 0.455 e. The minimum absolute atomic E-state index is 0.0172. The third kappa shape index (κ3) is 11.2. The molecule has 49 heavy (non-hydrogen) atoms. The molecular formula is C39H58N4O5S. The predicted molar refractivity (Wildman–Crippen MR) is 194 cm³/mol. The molecular weight excluding hydrogens is 637 g/mol. The Morgan fingerprint density at radius 3 is 2.37 bits per heavy atom. The first-order valence-corrected chi connectivity index (χ1v) is 19.1. The average Bonchev–Trinajstić information content (AvgIpc) is 3.76. The van der Waals surface area contributed by atoms with Crippen LogP contribution in [-0.2, 0) is 25.5 Å². The molecule has 1 unspecified atom stereocenters. The van der Waals surface area contributed by atoms with Gasteiger partial charge >= 0.3 is 5.97 Å². The number of benzene rings is 1. The van der Waals surface area contributed by atoms with E-state index >= 15 is 0 Å². The van der Waals surface area contributed by atoms with E-state index in [0.29, 0.717) is 29.0 Å². The van der Waals surface area contributed by atoms with Gasteiger partial charge in [-0.15, -0.1) is 11.3 Å². The van der Waals surface area contributed by atoms with E-state index in [-0.39, 0.29) is 59.9 Å². The van der Waals surface area contributed by atoms with Crippen LogP contribution in [0.25, 0.3) is 0 Å². The molecule has 1 aromatic heterocycles. The van der Waals surface area contributed by atoms with E-state index < -0.39 is 12.1 Å².